The molecule has 0 amide bonds. The predicted octanol–water partition coefficient (Wildman–Crippen LogP) is 4.10. The molecule has 0 saturated carbocycles. The number of halogens is 1. The molecule has 0 aliphatic carbocycles. The molecule has 0 saturated heterocycles. The molecule has 2 aromatic carbocycles. The molecule has 170 valence electrons. The first-order chi connectivity index (χ1) is 13.4. The van der Waals surface area contributed by atoms with Gasteiger partial charge in [-0.05, 0) is 59.2 Å². The molecule has 30 heavy (non-hydrogen) atoms. The number of aliphatic hydroxyl groups excluding tert-OH is 3. The van der Waals surface area contributed by atoms with Gasteiger partial charge in [-0.1, -0.05) is 12.1 Å². The van der Waals surface area contributed by atoms with E-state index >= 15 is 0 Å². The van der Waals surface area contributed by atoms with Crippen LogP contribution in [0.4, 0.5) is 4.39 Å². The van der Waals surface area contributed by atoms with Crippen LogP contribution in [0.3, 0.4) is 0 Å². The predicted molar refractivity (Wildman–Crippen MR) is 115 cm³/mol. The number of benzene rings is 2. The van der Waals surface area contributed by atoms with Crippen LogP contribution in [0.2, 0.25) is 0 Å². The van der Waals surface area contributed by atoms with E-state index in [2.05, 4.69) is 6.07 Å². The maximum atomic E-state index is 12.3. The van der Waals surface area contributed by atoms with Gasteiger partial charge in [0, 0.05) is 40.0 Å². The smallest absolute Gasteiger partial charge is 0.307 e. The number of aliphatic carboxylic acids is 1. The summed E-state index contributed by atoms with van der Waals surface area (Å²) in [6.07, 6.45) is -0.555. The van der Waals surface area contributed by atoms with Gasteiger partial charge >= 0.3 is 5.97 Å². The molecule has 0 fully saturated rings. The maximum absolute atomic E-state index is 12.3. The molecule has 4 N–H and O–H groups in total. The van der Waals surface area contributed by atoms with Crippen LogP contribution < -0.4 is 0 Å². The normalized spacial score (nSPS) is 8.70. The van der Waals surface area contributed by atoms with Gasteiger partial charge in [0.2, 0.25) is 0 Å². The van der Waals surface area contributed by atoms with E-state index in [1.54, 1.807) is 41.5 Å². The molecule has 0 spiro atoms. The first-order valence-electron chi connectivity index (χ1n) is 9.29. The van der Waals surface area contributed by atoms with E-state index in [1.165, 1.54) is 24.3 Å². The van der Waals surface area contributed by atoms with E-state index in [9.17, 15) is 9.18 Å². The van der Waals surface area contributed by atoms with Crippen LogP contribution in [0.5, 0.6) is 0 Å². The van der Waals surface area contributed by atoms with Crippen LogP contribution in [0, 0.1) is 11.9 Å². The maximum Gasteiger partial charge on any atom is 0.307 e. The Hall–Kier alpha value is -1.57. The van der Waals surface area contributed by atoms with Crippen molar-refractivity contribution in [2.24, 2.45) is 0 Å². The van der Waals surface area contributed by atoms with Crippen LogP contribution in [0.1, 0.15) is 47.1 Å². The Balaban J connectivity index is -0.000000153. The van der Waals surface area contributed by atoms with Crippen molar-refractivity contribution in [3.05, 3.63) is 72.0 Å². The SMILES string of the molecule is CC(C)O.CC(C)O.CC(C)O.O=C(O)Cc1ccc(F)cc1.[Ti].[c-]1ccccc1. The number of aliphatic hydroxyl groups is 3. The largest absolute Gasteiger partial charge is 0.481 e. The zero-order valence-corrected chi connectivity index (χ0v) is 20.3. The molecule has 2 aromatic rings. The standard InChI is InChI=1S/C8H7FO2.C6H5.3C3H8O.Ti/c9-7-3-1-6(2-4-7)5-8(10)11;1-2-4-6-5-3-1;3*1-3(2)4;/h1-4H,5H2,(H,10,11);1-5H;3*3-4H,1-2H3;/q;-1;;;;. The van der Waals surface area contributed by atoms with Gasteiger partial charge in [-0.15, -0.1) is 0 Å². The fourth-order valence-corrected chi connectivity index (χ4v) is 1.12. The van der Waals surface area contributed by atoms with Gasteiger partial charge in [0.15, 0.2) is 0 Å². The number of carboxylic acids is 1. The van der Waals surface area contributed by atoms with E-state index in [0.717, 1.165) is 0 Å². The van der Waals surface area contributed by atoms with Crippen LogP contribution in [-0.2, 0) is 32.9 Å². The second kappa shape index (κ2) is 25.5. The average molecular weight is 459 g/mol. The van der Waals surface area contributed by atoms with Crippen molar-refractivity contribution >= 4 is 5.97 Å². The van der Waals surface area contributed by atoms with E-state index in [0.29, 0.717) is 5.56 Å². The Morgan fingerprint density at radius 3 is 1.37 bits per heavy atom. The van der Waals surface area contributed by atoms with Crippen molar-refractivity contribution in [3.63, 3.8) is 0 Å². The van der Waals surface area contributed by atoms with Crippen LogP contribution >= 0.6 is 0 Å². The van der Waals surface area contributed by atoms with E-state index in [-0.39, 0.29) is 52.3 Å². The van der Waals surface area contributed by atoms with E-state index in [1.807, 2.05) is 30.3 Å². The molecule has 2 rings (SSSR count). The van der Waals surface area contributed by atoms with Crippen molar-refractivity contribution in [3.8, 4) is 0 Å². The fraction of sp³-hybridized carbons (Fsp3) is 0.435. The molecule has 0 aliphatic heterocycles. The molecule has 0 aliphatic rings. The molecule has 7 heteroatoms. The zero-order valence-electron chi connectivity index (χ0n) is 18.7. The van der Waals surface area contributed by atoms with Gasteiger partial charge in [-0.25, -0.2) is 4.39 Å². The summed E-state index contributed by atoms with van der Waals surface area (Å²) in [5.41, 5.74) is 0.610. The summed E-state index contributed by atoms with van der Waals surface area (Å²) in [6.45, 7) is 10.3. The van der Waals surface area contributed by atoms with Gasteiger partial charge in [-0.3, -0.25) is 4.79 Å². The van der Waals surface area contributed by atoms with Gasteiger partial charge in [0.05, 0.1) is 6.42 Å². The van der Waals surface area contributed by atoms with Crippen molar-refractivity contribution in [1.29, 1.82) is 0 Å². The van der Waals surface area contributed by atoms with E-state index < -0.39 is 5.97 Å². The van der Waals surface area contributed by atoms with E-state index in [4.69, 9.17) is 20.4 Å². The zero-order chi connectivity index (χ0) is 23.2. The summed E-state index contributed by atoms with van der Waals surface area (Å²) >= 11 is 0. The summed E-state index contributed by atoms with van der Waals surface area (Å²) in [7, 11) is 0. The Labute approximate surface area is 195 Å². The quantitative estimate of drug-likeness (QED) is 0.401. The van der Waals surface area contributed by atoms with Crippen molar-refractivity contribution < 1.29 is 51.3 Å². The molecule has 0 atom stereocenters. The van der Waals surface area contributed by atoms with Gasteiger partial charge in [-0.2, -0.15) is 36.4 Å². The first kappa shape index (κ1) is 35.8. The summed E-state index contributed by atoms with van der Waals surface area (Å²) in [5, 5.41) is 32.5. The third-order valence-corrected chi connectivity index (χ3v) is 1.88. The average Bonchev–Trinajstić information content (AvgIpc) is 2.57. The van der Waals surface area contributed by atoms with Crippen LogP contribution in [0.15, 0.2) is 54.6 Å². The summed E-state index contributed by atoms with van der Waals surface area (Å²) in [5.74, 6) is -1.25. The number of hydrogen-bond acceptors (Lipinski definition) is 4. The van der Waals surface area contributed by atoms with Gasteiger partial charge in [0.25, 0.3) is 0 Å². The summed E-state index contributed by atoms with van der Waals surface area (Å²) in [4.78, 5) is 10.2. The Morgan fingerprint density at radius 1 is 0.833 bits per heavy atom. The molecule has 0 bridgehead atoms. The number of rotatable bonds is 2. The van der Waals surface area contributed by atoms with Crippen molar-refractivity contribution in [2.45, 2.75) is 66.3 Å². The Bertz CT molecular complexity index is 527. The molecule has 0 aromatic heterocycles. The van der Waals surface area contributed by atoms with Crippen molar-refractivity contribution in [1.82, 2.24) is 0 Å². The minimum Gasteiger partial charge on any atom is -0.481 e. The van der Waals surface area contributed by atoms with Gasteiger partial charge in [0.1, 0.15) is 5.82 Å². The number of carbonyl (C=O) groups is 1. The molecule has 5 nitrogen and oxygen atoms in total. The summed E-state index contributed by atoms with van der Waals surface area (Å²) < 4.78 is 12.3. The molecule has 0 radical (unpaired) electrons. The Kier molecular flexibility index (Phi) is 30.4. The minimum absolute atomic E-state index is 0. The number of hydrogen-bond donors (Lipinski definition) is 4. The monoisotopic (exact) mass is 459 g/mol. The fourth-order valence-electron chi connectivity index (χ4n) is 1.12. The third kappa shape index (κ3) is 50.3. The number of carboxylic acid groups (broad SMARTS) is 1. The van der Waals surface area contributed by atoms with Gasteiger partial charge < -0.3 is 20.4 Å². The molecule has 0 unspecified atom stereocenters. The van der Waals surface area contributed by atoms with Crippen LogP contribution in [0.25, 0.3) is 0 Å². The first-order valence-corrected chi connectivity index (χ1v) is 9.29. The second-order valence-electron chi connectivity index (χ2n) is 6.56. The third-order valence-electron chi connectivity index (χ3n) is 1.88. The molecular weight excluding hydrogens is 423 g/mol. The van der Waals surface area contributed by atoms with Crippen molar-refractivity contribution in [2.75, 3.05) is 0 Å². The molecule has 0 heterocycles. The Morgan fingerprint density at radius 2 is 1.17 bits per heavy atom. The second-order valence-corrected chi connectivity index (χ2v) is 6.56. The molecular formula is C23H36FO5Ti-. The van der Waals surface area contributed by atoms with Crippen LogP contribution in [-0.4, -0.2) is 44.7 Å². The topological polar surface area (TPSA) is 98.0 Å². The summed E-state index contributed by atoms with van der Waals surface area (Å²) in [6, 6.07) is 17.9. The minimum atomic E-state index is -0.906.